The first-order valence-corrected chi connectivity index (χ1v) is 5.03. The number of carbonyl (C=O) groups is 1. The molecule has 0 atom stereocenters. The number of fused-ring (bicyclic) bond motifs is 1. The van der Waals surface area contributed by atoms with Crippen molar-refractivity contribution in [1.82, 2.24) is 0 Å². The van der Waals surface area contributed by atoms with Gasteiger partial charge in [-0.1, -0.05) is 11.6 Å². The zero-order valence-electron chi connectivity index (χ0n) is 6.95. The molecule has 0 unspecified atom stereocenters. The van der Waals surface area contributed by atoms with Crippen molar-refractivity contribution in [2.45, 2.75) is 0 Å². The van der Waals surface area contributed by atoms with Crippen molar-refractivity contribution in [1.29, 1.82) is 5.26 Å². The van der Waals surface area contributed by atoms with Gasteiger partial charge in [0.2, 0.25) is 0 Å². The van der Waals surface area contributed by atoms with Gasteiger partial charge in [-0.3, -0.25) is 4.79 Å². The summed E-state index contributed by atoms with van der Waals surface area (Å²) < 4.78 is 0.799. The molecule has 0 aliphatic heterocycles. The number of halogens is 1. The van der Waals surface area contributed by atoms with Crippen LogP contribution in [0, 0.1) is 11.3 Å². The summed E-state index contributed by atoms with van der Waals surface area (Å²) in [4.78, 5) is 11.3. The van der Waals surface area contributed by atoms with E-state index < -0.39 is 0 Å². The van der Waals surface area contributed by atoms with Crippen LogP contribution in [0.2, 0.25) is 5.02 Å². The van der Waals surface area contributed by atoms with Crippen LogP contribution in [0.5, 0.6) is 0 Å². The number of rotatable bonds is 1. The molecule has 68 valence electrons. The van der Waals surface area contributed by atoms with Crippen LogP contribution in [0.15, 0.2) is 18.2 Å². The van der Waals surface area contributed by atoms with Crippen molar-refractivity contribution in [2.75, 3.05) is 0 Å². The van der Waals surface area contributed by atoms with Crippen molar-refractivity contribution < 1.29 is 4.79 Å². The molecule has 0 bridgehead atoms. The molecule has 0 aliphatic carbocycles. The highest BCUT2D eigenvalue weighted by molar-refractivity contribution is 7.20. The second-order valence-electron chi connectivity index (χ2n) is 2.72. The molecule has 0 saturated heterocycles. The fraction of sp³-hybridized carbons (Fsp3) is 0. The lowest BCUT2D eigenvalue weighted by Gasteiger charge is -1.95. The van der Waals surface area contributed by atoms with Gasteiger partial charge < -0.3 is 0 Å². The third-order valence-electron chi connectivity index (χ3n) is 1.91. The van der Waals surface area contributed by atoms with Gasteiger partial charge in [-0.25, -0.2) is 0 Å². The summed E-state index contributed by atoms with van der Waals surface area (Å²) in [7, 11) is 0. The van der Waals surface area contributed by atoms with Gasteiger partial charge in [-0.2, -0.15) is 5.26 Å². The SMILES string of the molecule is N#Cc1cc2c(C=O)ccc(Cl)c2s1. The molecule has 0 fully saturated rings. The lowest BCUT2D eigenvalue weighted by atomic mass is 10.1. The minimum atomic E-state index is 0.566. The smallest absolute Gasteiger partial charge is 0.150 e. The standard InChI is InChI=1S/C10H4ClNOS/c11-9-2-1-6(5-13)8-3-7(4-12)14-10(8)9/h1-3,5H. The Hall–Kier alpha value is -1.37. The molecule has 4 heteroatoms. The van der Waals surface area contributed by atoms with Crippen LogP contribution < -0.4 is 0 Å². The zero-order valence-corrected chi connectivity index (χ0v) is 8.52. The highest BCUT2D eigenvalue weighted by Crippen LogP contribution is 2.33. The number of nitriles is 1. The molecule has 2 rings (SSSR count). The number of benzene rings is 1. The molecular formula is C10H4ClNOS. The highest BCUT2D eigenvalue weighted by Gasteiger charge is 2.08. The van der Waals surface area contributed by atoms with Crippen molar-refractivity contribution >= 4 is 39.3 Å². The number of nitrogens with zero attached hydrogens (tertiary/aromatic N) is 1. The Morgan fingerprint density at radius 2 is 2.29 bits per heavy atom. The van der Waals surface area contributed by atoms with Crippen LogP contribution in [0.1, 0.15) is 15.2 Å². The Labute approximate surface area is 89.3 Å². The second-order valence-corrected chi connectivity index (χ2v) is 4.18. The lowest BCUT2D eigenvalue weighted by Crippen LogP contribution is -1.79. The molecule has 0 spiro atoms. The van der Waals surface area contributed by atoms with Gasteiger partial charge in [0.25, 0.3) is 0 Å². The van der Waals surface area contributed by atoms with E-state index >= 15 is 0 Å². The molecule has 1 aromatic carbocycles. The monoisotopic (exact) mass is 221 g/mol. The van der Waals surface area contributed by atoms with Crippen molar-refractivity contribution in [3.63, 3.8) is 0 Å². The quantitative estimate of drug-likeness (QED) is 0.694. The normalized spacial score (nSPS) is 10.0. The van der Waals surface area contributed by atoms with Gasteiger partial charge in [0, 0.05) is 10.9 Å². The van der Waals surface area contributed by atoms with E-state index in [2.05, 4.69) is 0 Å². The summed E-state index contributed by atoms with van der Waals surface area (Å²) in [5.41, 5.74) is 0.571. The van der Waals surface area contributed by atoms with Crippen molar-refractivity contribution in [2.24, 2.45) is 0 Å². The van der Waals surface area contributed by atoms with Crippen molar-refractivity contribution in [3.05, 3.63) is 33.7 Å². The van der Waals surface area contributed by atoms with Crippen LogP contribution in [0.25, 0.3) is 10.1 Å². The predicted molar refractivity (Wildman–Crippen MR) is 56.9 cm³/mol. The van der Waals surface area contributed by atoms with E-state index in [1.54, 1.807) is 18.2 Å². The average molecular weight is 222 g/mol. The average Bonchev–Trinajstić information content (AvgIpc) is 2.63. The van der Waals surface area contributed by atoms with E-state index in [0.717, 1.165) is 16.4 Å². The van der Waals surface area contributed by atoms with E-state index in [1.807, 2.05) is 6.07 Å². The fourth-order valence-corrected chi connectivity index (χ4v) is 2.44. The third-order valence-corrected chi connectivity index (χ3v) is 3.41. The summed E-state index contributed by atoms with van der Waals surface area (Å²) in [6.45, 7) is 0. The summed E-state index contributed by atoms with van der Waals surface area (Å²) in [5, 5.41) is 10.1. The summed E-state index contributed by atoms with van der Waals surface area (Å²) in [6.07, 6.45) is 0.770. The number of hydrogen-bond donors (Lipinski definition) is 0. The third kappa shape index (κ3) is 1.29. The molecule has 2 aromatic rings. The van der Waals surface area contributed by atoms with Gasteiger partial charge in [0.1, 0.15) is 10.9 Å². The topological polar surface area (TPSA) is 40.9 Å². The second kappa shape index (κ2) is 3.41. The zero-order chi connectivity index (χ0) is 10.1. The largest absolute Gasteiger partial charge is 0.298 e. The predicted octanol–water partition coefficient (Wildman–Crippen LogP) is 3.24. The number of hydrogen-bond acceptors (Lipinski definition) is 3. The summed E-state index contributed by atoms with van der Waals surface area (Å²) in [5.74, 6) is 0. The molecule has 0 radical (unpaired) electrons. The Morgan fingerprint density at radius 1 is 1.50 bits per heavy atom. The number of carbonyl (C=O) groups excluding carboxylic acids is 1. The highest BCUT2D eigenvalue weighted by atomic mass is 35.5. The summed E-state index contributed by atoms with van der Waals surface area (Å²) in [6, 6.07) is 7.06. The van der Waals surface area contributed by atoms with E-state index in [9.17, 15) is 4.79 Å². The van der Waals surface area contributed by atoms with Crippen LogP contribution in [0.4, 0.5) is 0 Å². The van der Waals surface area contributed by atoms with Crippen LogP contribution >= 0.6 is 22.9 Å². The molecule has 2 nitrogen and oxygen atoms in total. The van der Waals surface area contributed by atoms with E-state index in [-0.39, 0.29) is 0 Å². The molecule has 0 N–H and O–H groups in total. The first kappa shape index (κ1) is 9.20. The molecule has 0 saturated carbocycles. The first-order valence-electron chi connectivity index (χ1n) is 3.83. The molecule has 0 amide bonds. The number of thiophene rings is 1. The maximum atomic E-state index is 10.7. The van der Waals surface area contributed by atoms with E-state index in [4.69, 9.17) is 16.9 Å². The van der Waals surface area contributed by atoms with Gasteiger partial charge in [-0.15, -0.1) is 11.3 Å². The van der Waals surface area contributed by atoms with Crippen LogP contribution in [-0.2, 0) is 0 Å². The van der Waals surface area contributed by atoms with Gasteiger partial charge in [0.05, 0.1) is 9.72 Å². The maximum absolute atomic E-state index is 10.7. The molecule has 1 aromatic heterocycles. The van der Waals surface area contributed by atoms with Gasteiger partial charge in [0.15, 0.2) is 6.29 Å². The van der Waals surface area contributed by atoms with E-state index in [1.165, 1.54) is 11.3 Å². The Balaban J connectivity index is 2.89. The minimum absolute atomic E-state index is 0.566. The van der Waals surface area contributed by atoms with Gasteiger partial charge >= 0.3 is 0 Å². The molecule has 0 aliphatic rings. The Kier molecular flexibility index (Phi) is 2.24. The Bertz CT molecular complexity index is 553. The van der Waals surface area contributed by atoms with Crippen LogP contribution in [0.3, 0.4) is 0 Å². The minimum Gasteiger partial charge on any atom is -0.298 e. The lowest BCUT2D eigenvalue weighted by molar-refractivity contribution is 0.112. The molecule has 14 heavy (non-hydrogen) atoms. The molecule has 1 heterocycles. The van der Waals surface area contributed by atoms with Crippen LogP contribution in [-0.4, -0.2) is 6.29 Å². The number of aldehydes is 1. The van der Waals surface area contributed by atoms with Gasteiger partial charge in [-0.05, 0) is 18.2 Å². The Morgan fingerprint density at radius 3 is 2.93 bits per heavy atom. The fourth-order valence-electron chi connectivity index (χ4n) is 1.27. The summed E-state index contributed by atoms with van der Waals surface area (Å²) >= 11 is 7.24. The van der Waals surface area contributed by atoms with E-state index in [0.29, 0.717) is 15.5 Å². The van der Waals surface area contributed by atoms with Crippen molar-refractivity contribution in [3.8, 4) is 6.07 Å². The maximum Gasteiger partial charge on any atom is 0.150 e. The molecular weight excluding hydrogens is 218 g/mol. The first-order chi connectivity index (χ1) is 6.76.